The maximum absolute atomic E-state index is 13.0. The molecule has 3 rings (SSSR count). The van der Waals surface area contributed by atoms with E-state index in [9.17, 15) is 26.8 Å². The summed E-state index contributed by atoms with van der Waals surface area (Å²) in [7, 11) is -5.87. The van der Waals surface area contributed by atoms with E-state index >= 15 is 0 Å². The first-order valence-electron chi connectivity index (χ1n) is 6.35. The largest absolute Gasteiger partial charge is 0.465 e. The molecule has 2 saturated carbocycles. The van der Waals surface area contributed by atoms with E-state index in [0.29, 0.717) is 12.8 Å². The Bertz CT molecular complexity index is 602. The predicted molar refractivity (Wildman–Crippen MR) is 60.5 cm³/mol. The van der Waals surface area contributed by atoms with E-state index in [2.05, 4.69) is 4.74 Å². The van der Waals surface area contributed by atoms with Crippen molar-refractivity contribution in [3.63, 3.8) is 0 Å². The highest BCUT2D eigenvalue weighted by Gasteiger charge is 2.62. The highest BCUT2D eigenvalue weighted by Crippen LogP contribution is 2.57. The number of hydrogen-bond acceptors (Lipinski definition) is 6. The molecular formula is C11H12F2O7S. The van der Waals surface area contributed by atoms with Gasteiger partial charge in [-0.1, -0.05) is 0 Å². The Morgan fingerprint density at radius 3 is 2.71 bits per heavy atom. The molecule has 1 heterocycles. The van der Waals surface area contributed by atoms with Gasteiger partial charge in [0.25, 0.3) is 0 Å². The molecule has 2 bridgehead atoms. The van der Waals surface area contributed by atoms with Gasteiger partial charge in [0.05, 0.1) is 12.5 Å². The smallest absolute Gasteiger partial charge is 0.461 e. The first kappa shape index (κ1) is 14.6. The molecule has 0 aromatic heterocycles. The second kappa shape index (κ2) is 4.35. The summed E-state index contributed by atoms with van der Waals surface area (Å²) in [6.45, 7) is -0.463. The molecule has 0 aromatic rings. The molecule has 1 N–H and O–H groups in total. The van der Waals surface area contributed by atoms with Crippen LogP contribution >= 0.6 is 0 Å². The molecular weight excluding hydrogens is 314 g/mol. The van der Waals surface area contributed by atoms with E-state index in [1.54, 1.807) is 0 Å². The molecule has 0 aromatic carbocycles. The molecule has 5 atom stereocenters. The minimum absolute atomic E-state index is 0.0216. The number of carbonyl (C=O) groups is 2. The Morgan fingerprint density at radius 2 is 2.10 bits per heavy atom. The van der Waals surface area contributed by atoms with Gasteiger partial charge in [-0.3, -0.25) is 9.35 Å². The van der Waals surface area contributed by atoms with E-state index in [1.165, 1.54) is 0 Å². The predicted octanol–water partition coefficient (Wildman–Crippen LogP) is 0.208. The lowest BCUT2D eigenvalue weighted by molar-refractivity contribution is -0.164. The highest BCUT2D eigenvalue weighted by molar-refractivity contribution is 7.87. The molecule has 0 spiro atoms. The van der Waals surface area contributed by atoms with Gasteiger partial charge in [-0.25, -0.2) is 4.79 Å². The number of halogens is 2. The summed E-state index contributed by atoms with van der Waals surface area (Å²) in [4.78, 5) is 22.6. The fraction of sp³-hybridized carbons (Fsp3) is 0.818. The van der Waals surface area contributed by atoms with Gasteiger partial charge in [-0.05, 0) is 18.8 Å². The Balaban J connectivity index is 1.65. The van der Waals surface area contributed by atoms with Crippen molar-refractivity contribution in [2.75, 3.05) is 6.61 Å². The molecule has 1 saturated heterocycles. The fourth-order valence-electron chi connectivity index (χ4n) is 3.67. The molecule has 3 aliphatic rings. The van der Waals surface area contributed by atoms with Gasteiger partial charge in [0.2, 0.25) is 0 Å². The number of hydrogen-bond donors (Lipinski definition) is 1. The molecule has 0 radical (unpaired) electrons. The maximum atomic E-state index is 13.0. The van der Waals surface area contributed by atoms with Crippen molar-refractivity contribution in [1.29, 1.82) is 0 Å². The van der Waals surface area contributed by atoms with Crippen LogP contribution in [0.2, 0.25) is 0 Å². The van der Waals surface area contributed by atoms with Gasteiger partial charge in [0.15, 0.2) is 0 Å². The summed E-state index contributed by atoms with van der Waals surface area (Å²) >= 11 is 0. The zero-order valence-electron chi connectivity index (χ0n) is 10.6. The van der Waals surface area contributed by atoms with E-state index < -0.39 is 40.0 Å². The molecule has 5 unspecified atom stereocenters. The normalized spacial score (nSPS) is 37.7. The van der Waals surface area contributed by atoms with E-state index in [-0.39, 0.29) is 23.7 Å². The minimum Gasteiger partial charge on any atom is -0.461 e. The number of rotatable bonds is 4. The second-order valence-corrected chi connectivity index (χ2v) is 7.12. The summed E-state index contributed by atoms with van der Waals surface area (Å²) in [5, 5.41) is -5.00. The lowest BCUT2D eigenvalue weighted by Gasteiger charge is -2.25. The van der Waals surface area contributed by atoms with Crippen LogP contribution in [0.4, 0.5) is 8.78 Å². The standard InChI is InChI=1S/C11H12F2O7S/c12-11(13,21(16,17)18)10(15)19-3-7-4-1-5-6(2-4)9(14)20-8(5)7/h4-8H,1-3H2,(H,16,17,18). The summed E-state index contributed by atoms with van der Waals surface area (Å²) in [6, 6.07) is 0. The van der Waals surface area contributed by atoms with Crippen LogP contribution in [0.25, 0.3) is 0 Å². The van der Waals surface area contributed by atoms with Gasteiger partial charge < -0.3 is 9.47 Å². The monoisotopic (exact) mass is 326 g/mol. The van der Waals surface area contributed by atoms with Crippen LogP contribution in [-0.4, -0.2) is 42.9 Å². The van der Waals surface area contributed by atoms with E-state index in [0.717, 1.165) is 0 Å². The van der Waals surface area contributed by atoms with Crippen molar-refractivity contribution in [2.24, 2.45) is 23.7 Å². The number of alkyl halides is 2. The Kier molecular flexibility index (Phi) is 3.04. The average molecular weight is 326 g/mol. The zero-order valence-corrected chi connectivity index (χ0v) is 11.4. The fourth-order valence-corrected chi connectivity index (χ4v) is 3.94. The topological polar surface area (TPSA) is 107 Å². The molecule has 118 valence electrons. The van der Waals surface area contributed by atoms with Gasteiger partial charge in [-0.15, -0.1) is 0 Å². The van der Waals surface area contributed by atoms with Gasteiger partial charge >= 0.3 is 27.3 Å². The van der Waals surface area contributed by atoms with E-state index in [4.69, 9.17) is 9.29 Å². The third-order valence-corrected chi connectivity index (χ3v) is 5.44. The first-order valence-corrected chi connectivity index (χ1v) is 7.79. The van der Waals surface area contributed by atoms with Gasteiger partial charge in [-0.2, -0.15) is 17.2 Å². The Hall–Kier alpha value is -1.29. The van der Waals surface area contributed by atoms with Crippen LogP contribution in [0.3, 0.4) is 0 Å². The van der Waals surface area contributed by atoms with Gasteiger partial charge in [0.1, 0.15) is 6.10 Å². The number of esters is 2. The Morgan fingerprint density at radius 1 is 1.43 bits per heavy atom. The molecule has 21 heavy (non-hydrogen) atoms. The molecule has 2 aliphatic carbocycles. The summed E-state index contributed by atoms with van der Waals surface area (Å²) in [5.74, 6) is -3.15. The molecule has 1 aliphatic heterocycles. The highest BCUT2D eigenvalue weighted by atomic mass is 32.2. The first-order chi connectivity index (χ1) is 9.63. The molecule has 3 fully saturated rings. The van der Waals surface area contributed by atoms with Crippen molar-refractivity contribution < 1.29 is 40.8 Å². The van der Waals surface area contributed by atoms with Crippen LogP contribution < -0.4 is 0 Å². The lowest BCUT2D eigenvalue weighted by atomic mass is 9.83. The van der Waals surface area contributed by atoms with Gasteiger partial charge in [0, 0.05) is 11.8 Å². The summed E-state index contributed by atoms with van der Waals surface area (Å²) < 4.78 is 64.7. The van der Waals surface area contributed by atoms with Crippen LogP contribution in [0, 0.1) is 23.7 Å². The number of carbonyl (C=O) groups excluding carboxylic acids is 2. The molecule has 10 heteroatoms. The third kappa shape index (κ3) is 2.03. The van der Waals surface area contributed by atoms with Crippen LogP contribution in [0.5, 0.6) is 0 Å². The van der Waals surface area contributed by atoms with Crippen molar-refractivity contribution in [3.05, 3.63) is 0 Å². The van der Waals surface area contributed by atoms with E-state index in [1.807, 2.05) is 0 Å². The van der Waals surface area contributed by atoms with Crippen LogP contribution in [0.15, 0.2) is 0 Å². The molecule has 0 amide bonds. The summed E-state index contributed by atoms with van der Waals surface area (Å²) in [5.41, 5.74) is 0. The maximum Gasteiger partial charge on any atom is 0.465 e. The second-order valence-electron chi connectivity index (χ2n) is 5.66. The van der Waals surface area contributed by atoms with Crippen molar-refractivity contribution >= 4 is 22.1 Å². The van der Waals surface area contributed by atoms with Crippen LogP contribution in [-0.2, 0) is 29.2 Å². The van der Waals surface area contributed by atoms with Crippen molar-refractivity contribution in [1.82, 2.24) is 0 Å². The SMILES string of the molecule is O=C1OC2C(COC(=O)C(F)(F)S(=O)(=O)O)C3CC1C2C3. The zero-order chi connectivity index (χ0) is 15.6. The number of ether oxygens (including phenoxy) is 2. The summed E-state index contributed by atoms with van der Waals surface area (Å²) in [6.07, 6.45) is 0.808. The molecule has 7 nitrogen and oxygen atoms in total. The Labute approximate surface area is 118 Å². The van der Waals surface area contributed by atoms with Crippen molar-refractivity contribution in [2.45, 2.75) is 24.2 Å². The van der Waals surface area contributed by atoms with Crippen molar-refractivity contribution in [3.8, 4) is 0 Å². The quantitative estimate of drug-likeness (QED) is 0.581. The lowest BCUT2D eigenvalue weighted by Crippen LogP contribution is -2.41. The number of fused-ring (bicyclic) bond motifs is 1. The minimum atomic E-state index is -5.87. The van der Waals surface area contributed by atoms with Crippen LogP contribution in [0.1, 0.15) is 12.8 Å². The average Bonchev–Trinajstić information content (AvgIpc) is 2.97. The third-order valence-electron chi connectivity index (χ3n) is 4.62.